The number of carbonyl (C=O) groups excluding carboxylic acids is 1. The van der Waals surface area contributed by atoms with Gasteiger partial charge < -0.3 is 20.5 Å². The maximum Gasteiger partial charge on any atom is 0.341 e. The van der Waals surface area contributed by atoms with Gasteiger partial charge in [0.05, 0.1) is 0 Å². The topological polar surface area (TPSA) is 92.9 Å². The Morgan fingerprint density at radius 3 is 2.22 bits per heavy atom. The zero-order valence-electron chi connectivity index (χ0n) is 21.4. The lowest BCUT2D eigenvalue weighted by atomic mass is 9.81. The summed E-state index contributed by atoms with van der Waals surface area (Å²) in [6.07, 6.45) is 4.43. The van der Waals surface area contributed by atoms with Crippen LogP contribution in [0.15, 0.2) is 78.9 Å². The van der Waals surface area contributed by atoms with Gasteiger partial charge in [0.1, 0.15) is 11.3 Å². The van der Waals surface area contributed by atoms with Crippen molar-refractivity contribution in [1.29, 1.82) is 0 Å². The molecule has 0 spiro atoms. The summed E-state index contributed by atoms with van der Waals surface area (Å²) >= 11 is 0. The molecule has 1 atom stereocenters. The van der Waals surface area contributed by atoms with Crippen molar-refractivity contribution in [3.8, 4) is 5.75 Å². The van der Waals surface area contributed by atoms with Crippen LogP contribution >= 0.6 is 0 Å². The van der Waals surface area contributed by atoms with Crippen molar-refractivity contribution in [3.63, 3.8) is 0 Å². The number of ether oxygens (including phenoxy) is 1. The summed E-state index contributed by atoms with van der Waals surface area (Å²) in [5.74, 6) is 0.0380. The fourth-order valence-electron chi connectivity index (χ4n) is 5.36. The van der Waals surface area contributed by atoms with Gasteiger partial charge in [-0.2, -0.15) is 0 Å². The van der Waals surface area contributed by atoms with Crippen LogP contribution in [0.25, 0.3) is 0 Å². The van der Waals surface area contributed by atoms with E-state index in [1.54, 1.807) is 0 Å². The molecule has 0 aliphatic heterocycles. The Kier molecular flexibility index (Phi) is 8.62. The molecular formula is C31H36N2O4. The fraction of sp³-hybridized carbons (Fsp3) is 0.355. The highest BCUT2D eigenvalue weighted by molar-refractivity contribution is 5.91. The maximum absolute atomic E-state index is 14.1. The van der Waals surface area contributed by atoms with E-state index in [4.69, 9.17) is 15.6 Å². The minimum atomic E-state index is -1.26. The van der Waals surface area contributed by atoms with E-state index in [1.165, 1.54) is 5.56 Å². The van der Waals surface area contributed by atoms with Gasteiger partial charge in [-0.05, 0) is 66.3 Å². The zero-order chi connectivity index (χ0) is 26.3. The van der Waals surface area contributed by atoms with Crippen molar-refractivity contribution >= 4 is 11.9 Å². The predicted octanol–water partition coefficient (Wildman–Crippen LogP) is 4.79. The third-order valence-corrected chi connectivity index (χ3v) is 7.28. The smallest absolute Gasteiger partial charge is 0.341 e. The zero-order valence-corrected chi connectivity index (χ0v) is 21.4. The Labute approximate surface area is 219 Å². The highest BCUT2D eigenvalue weighted by Crippen LogP contribution is 2.34. The van der Waals surface area contributed by atoms with Crippen LogP contribution in [0, 0.1) is 5.92 Å². The molecule has 3 aromatic carbocycles. The molecule has 194 valence electrons. The van der Waals surface area contributed by atoms with Crippen LogP contribution < -0.4 is 10.5 Å². The molecule has 4 rings (SSSR count). The second-order valence-corrected chi connectivity index (χ2v) is 9.81. The van der Waals surface area contributed by atoms with E-state index in [0.717, 1.165) is 48.8 Å². The summed E-state index contributed by atoms with van der Waals surface area (Å²) < 4.78 is 5.52. The van der Waals surface area contributed by atoms with Gasteiger partial charge in [-0.15, -0.1) is 0 Å². The minimum absolute atomic E-state index is 0.0766. The molecule has 0 bridgehead atoms. The van der Waals surface area contributed by atoms with Crippen molar-refractivity contribution in [3.05, 3.63) is 101 Å². The van der Waals surface area contributed by atoms with Crippen LogP contribution in [0.4, 0.5) is 0 Å². The number of hydrogen-bond donors (Lipinski definition) is 2. The van der Waals surface area contributed by atoms with Crippen LogP contribution in [-0.2, 0) is 28.0 Å². The first-order valence-corrected chi connectivity index (χ1v) is 13.1. The molecule has 1 aliphatic carbocycles. The van der Waals surface area contributed by atoms with Gasteiger partial charge in [0, 0.05) is 13.1 Å². The van der Waals surface area contributed by atoms with Crippen LogP contribution in [0.2, 0.25) is 0 Å². The Balaban J connectivity index is 1.50. The molecule has 1 amide bonds. The maximum atomic E-state index is 14.1. The van der Waals surface area contributed by atoms with Gasteiger partial charge >= 0.3 is 5.97 Å². The van der Waals surface area contributed by atoms with Gasteiger partial charge in [0.15, 0.2) is 6.61 Å². The average Bonchev–Trinajstić information content (AvgIpc) is 2.94. The Hall–Kier alpha value is -3.64. The quantitative estimate of drug-likeness (QED) is 0.395. The number of amides is 1. The summed E-state index contributed by atoms with van der Waals surface area (Å²) in [4.78, 5) is 27.0. The molecule has 6 nitrogen and oxygen atoms in total. The number of carboxylic acids is 1. The summed E-state index contributed by atoms with van der Waals surface area (Å²) in [6, 6.07) is 25.1. The van der Waals surface area contributed by atoms with Crippen molar-refractivity contribution in [2.75, 3.05) is 19.7 Å². The van der Waals surface area contributed by atoms with Crippen molar-refractivity contribution in [2.45, 2.75) is 44.6 Å². The van der Waals surface area contributed by atoms with Crippen LogP contribution in [0.1, 0.15) is 48.4 Å². The first-order chi connectivity index (χ1) is 17.9. The van der Waals surface area contributed by atoms with Gasteiger partial charge in [0.25, 0.3) is 5.91 Å². The molecule has 1 unspecified atom stereocenters. The van der Waals surface area contributed by atoms with Crippen LogP contribution in [-0.4, -0.2) is 41.6 Å². The van der Waals surface area contributed by atoms with Crippen LogP contribution in [0.5, 0.6) is 5.75 Å². The molecule has 0 aromatic heterocycles. The van der Waals surface area contributed by atoms with E-state index in [1.807, 2.05) is 77.7 Å². The minimum Gasteiger partial charge on any atom is -0.482 e. The first-order valence-electron chi connectivity index (χ1n) is 13.1. The van der Waals surface area contributed by atoms with E-state index < -0.39 is 11.5 Å². The third kappa shape index (κ3) is 6.03. The molecule has 3 aromatic rings. The van der Waals surface area contributed by atoms with E-state index in [9.17, 15) is 9.59 Å². The number of fused-ring (bicyclic) bond motifs is 1. The summed E-state index contributed by atoms with van der Waals surface area (Å²) in [5.41, 5.74) is 9.63. The lowest BCUT2D eigenvalue weighted by Crippen LogP contribution is -2.54. The van der Waals surface area contributed by atoms with Gasteiger partial charge in [0.2, 0.25) is 0 Å². The number of nitrogens with two attached hydrogens (primary N) is 1. The summed E-state index contributed by atoms with van der Waals surface area (Å²) in [5, 5.41) is 8.97. The Morgan fingerprint density at radius 1 is 0.973 bits per heavy atom. The molecule has 0 radical (unpaired) electrons. The van der Waals surface area contributed by atoms with Crippen LogP contribution in [0.3, 0.4) is 0 Å². The number of rotatable bonds is 11. The molecule has 6 heteroatoms. The largest absolute Gasteiger partial charge is 0.482 e. The Morgan fingerprint density at radius 2 is 1.62 bits per heavy atom. The first kappa shape index (κ1) is 26.4. The standard InChI is InChI=1S/C31H36N2O4/c1-2-19-33(30(36)31(32,25-11-5-3-6-12-25)26-13-7-4-8-14-26)20-18-23-16-17-27-24(21-23)10-9-15-28(27)37-22-29(34)35/h3-15,23H,2,16-22,32H2,1H3,(H,34,35). The number of carboxylic acid groups (broad SMARTS) is 1. The number of carbonyl (C=O) groups is 2. The van der Waals surface area contributed by atoms with Crippen molar-refractivity contribution in [2.24, 2.45) is 11.7 Å². The second kappa shape index (κ2) is 12.1. The molecular weight excluding hydrogens is 464 g/mol. The monoisotopic (exact) mass is 500 g/mol. The van der Waals surface area contributed by atoms with Gasteiger partial charge in [-0.1, -0.05) is 79.7 Å². The van der Waals surface area contributed by atoms with E-state index in [2.05, 4.69) is 13.0 Å². The molecule has 0 heterocycles. The molecule has 0 fully saturated rings. The normalized spacial score (nSPS) is 15.0. The SMILES string of the molecule is CCCN(CCC1CCc2c(cccc2OCC(=O)O)C1)C(=O)C(N)(c1ccccc1)c1ccccc1. The van der Waals surface area contributed by atoms with Gasteiger partial charge in [-0.25, -0.2) is 4.79 Å². The second-order valence-electron chi connectivity index (χ2n) is 9.81. The lowest BCUT2D eigenvalue weighted by Gasteiger charge is -2.36. The van der Waals surface area contributed by atoms with E-state index >= 15 is 0 Å². The number of aliphatic carboxylic acids is 1. The molecule has 3 N–H and O–H groups in total. The highest BCUT2D eigenvalue weighted by Gasteiger charge is 2.40. The molecule has 1 aliphatic rings. The fourth-order valence-corrected chi connectivity index (χ4v) is 5.36. The van der Waals surface area contributed by atoms with Crippen molar-refractivity contribution < 1.29 is 19.4 Å². The van der Waals surface area contributed by atoms with E-state index in [-0.39, 0.29) is 12.5 Å². The average molecular weight is 501 g/mol. The summed E-state index contributed by atoms with van der Waals surface area (Å²) in [7, 11) is 0. The molecule has 0 saturated carbocycles. The van der Waals surface area contributed by atoms with E-state index in [0.29, 0.717) is 24.8 Å². The van der Waals surface area contributed by atoms with Gasteiger partial charge in [-0.3, -0.25) is 4.79 Å². The number of nitrogens with zero attached hydrogens (tertiary/aromatic N) is 1. The number of benzene rings is 3. The number of hydrogen-bond acceptors (Lipinski definition) is 4. The highest BCUT2D eigenvalue weighted by atomic mass is 16.5. The predicted molar refractivity (Wildman–Crippen MR) is 144 cm³/mol. The molecule has 37 heavy (non-hydrogen) atoms. The molecule has 0 saturated heterocycles. The van der Waals surface area contributed by atoms with Crippen molar-refractivity contribution in [1.82, 2.24) is 4.90 Å². The summed E-state index contributed by atoms with van der Waals surface area (Å²) in [6.45, 7) is 3.03. The Bertz CT molecular complexity index is 1160. The lowest BCUT2D eigenvalue weighted by molar-refractivity contribution is -0.139. The third-order valence-electron chi connectivity index (χ3n) is 7.28.